The molecule has 1 aliphatic rings. The second kappa shape index (κ2) is 10.6. The maximum atomic E-state index is 9.69. The zero-order chi connectivity index (χ0) is 21.5. The molecule has 2 aromatic rings. The van der Waals surface area contributed by atoms with Crippen LogP contribution < -0.4 is 26.4 Å². The van der Waals surface area contributed by atoms with Crippen LogP contribution in [0.5, 0.6) is 5.75 Å². The number of methoxy groups -OCH3 is 1. The first-order valence-corrected chi connectivity index (χ1v) is 10.6. The van der Waals surface area contributed by atoms with E-state index in [1.807, 2.05) is 6.92 Å². The van der Waals surface area contributed by atoms with Crippen LogP contribution in [0.2, 0.25) is 0 Å². The number of nitrogens with one attached hydrogen (secondary N) is 3. The molecule has 1 fully saturated rings. The zero-order valence-electron chi connectivity index (χ0n) is 18.2. The molecule has 30 heavy (non-hydrogen) atoms. The molecule has 0 saturated carbocycles. The second-order valence-electron chi connectivity index (χ2n) is 7.87. The van der Waals surface area contributed by atoms with Gasteiger partial charge in [0.05, 0.1) is 19.8 Å². The fourth-order valence-corrected chi connectivity index (χ4v) is 3.63. The van der Waals surface area contributed by atoms with Gasteiger partial charge in [-0.05, 0) is 30.5 Å². The molecule has 1 atom stereocenters. The molecule has 0 unspecified atom stereocenters. The molecule has 1 aromatic heterocycles. The van der Waals surface area contributed by atoms with E-state index in [4.69, 9.17) is 10.5 Å². The van der Waals surface area contributed by atoms with Crippen molar-refractivity contribution in [2.75, 3.05) is 37.9 Å². The Morgan fingerprint density at radius 3 is 2.77 bits per heavy atom. The van der Waals surface area contributed by atoms with E-state index in [0.29, 0.717) is 18.3 Å². The van der Waals surface area contributed by atoms with Crippen LogP contribution in [-0.2, 0) is 13.0 Å². The quantitative estimate of drug-likeness (QED) is 0.376. The van der Waals surface area contributed by atoms with Gasteiger partial charge in [-0.3, -0.25) is 0 Å². The third-order valence-corrected chi connectivity index (χ3v) is 5.52. The molecule has 0 bridgehead atoms. The average Bonchev–Trinajstić information content (AvgIpc) is 2.69. The van der Waals surface area contributed by atoms with Crippen molar-refractivity contribution in [2.24, 2.45) is 0 Å². The van der Waals surface area contributed by atoms with Crippen LogP contribution >= 0.6 is 0 Å². The Morgan fingerprint density at radius 1 is 1.33 bits per heavy atom. The van der Waals surface area contributed by atoms with Gasteiger partial charge in [-0.1, -0.05) is 25.5 Å². The van der Waals surface area contributed by atoms with E-state index < -0.39 is 0 Å². The van der Waals surface area contributed by atoms with Crippen LogP contribution in [0.1, 0.15) is 42.1 Å². The topological polar surface area (TPSA) is 117 Å². The summed E-state index contributed by atoms with van der Waals surface area (Å²) < 4.78 is 5.68. The predicted molar refractivity (Wildman–Crippen MR) is 120 cm³/mol. The Morgan fingerprint density at radius 2 is 2.13 bits per heavy atom. The summed E-state index contributed by atoms with van der Waals surface area (Å²) in [5.74, 6) is 1.75. The Bertz CT molecular complexity index is 841. The molecule has 0 spiro atoms. The number of aliphatic hydroxyl groups excluding tert-OH is 1. The highest BCUT2D eigenvalue weighted by atomic mass is 16.5. The zero-order valence-corrected chi connectivity index (χ0v) is 18.2. The van der Waals surface area contributed by atoms with E-state index in [2.05, 4.69) is 51.0 Å². The highest BCUT2D eigenvalue weighted by Gasteiger charge is 2.18. The minimum atomic E-state index is -0.0706. The lowest BCUT2D eigenvalue weighted by Crippen LogP contribution is -2.54. The lowest BCUT2D eigenvalue weighted by Gasteiger charge is -2.28. The number of nitrogens with zero attached hydrogens (tertiary/aromatic N) is 2. The first-order valence-electron chi connectivity index (χ1n) is 10.6. The minimum absolute atomic E-state index is 0.0395. The van der Waals surface area contributed by atoms with E-state index in [0.717, 1.165) is 55.0 Å². The lowest BCUT2D eigenvalue weighted by atomic mass is 10.0. The number of benzene rings is 1. The summed E-state index contributed by atoms with van der Waals surface area (Å²) in [5.41, 5.74) is 9.93. The van der Waals surface area contributed by atoms with E-state index in [-0.39, 0.29) is 18.6 Å². The highest BCUT2D eigenvalue weighted by Crippen LogP contribution is 2.28. The van der Waals surface area contributed by atoms with Crippen molar-refractivity contribution < 1.29 is 9.84 Å². The molecule has 6 N–H and O–H groups in total. The number of aliphatic hydroxyl groups is 1. The fraction of sp³-hybridized carbons (Fsp3) is 0.545. The molecule has 0 amide bonds. The number of anilines is 2. The van der Waals surface area contributed by atoms with Gasteiger partial charge in [-0.2, -0.15) is 4.98 Å². The predicted octanol–water partition coefficient (Wildman–Crippen LogP) is 1.60. The number of rotatable bonds is 11. The maximum Gasteiger partial charge on any atom is 0.222 e. The highest BCUT2D eigenvalue weighted by molar-refractivity contribution is 5.53. The Labute approximate surface area is 178 Å². The Hall–Kier alpha value is -2.42. The van der Waals surface area contributed by atoms with Gasteiger partial charge in [0.2, 0.25) is 5.95 Å². The number of hydrogen-bond donors (Lipinski definition) is 5. The van der Waals surface area contributed by atoms with Gasteiger partial charge in [-0.25, -0.2) is 4.98 Å². The van der Waals surface area contributed by atoms with E-state index in [1.54, 1.807) is 7.11 Å². The summed E-state index contributed by atoms with van der Waals surface area (Å²) in [4.78, 5) is 8.78. The summed E-state index contributed by atoms with van der Waals surface area (Å²) in [6.07, 6.45) is 2.43. The van der Waals surface area contributed by atoms with Gasteiger partial charge in [0.1, 0.15) is 11.6 Å². The summed E-state index contributed by atoms with van der Waals surface area (Å²) in [6, 6.07) is 6.79. The molecule has 8 nitrogen and oxygen atoms in total. The third kappa shape index (κ3) is 5.59. The Balaban J connectivity index is 1.81. The third-order valence-electron chi connectivity index (χ3n) is 5.52. The van der Waals surface area contributed by atoms with Gasteiger partial charge in [-0.15, -0.1) is 0 Å². The van der Waals surface area contributed by atoms with Crippen molar-refractivity contribution in [1.82, 2.24) is 20.6 Å². The minimum Gasteiger partial charge on any atom is -0.496 e. The van der Waals surface area contributed by atoms with Crippen LogP contribution in [-0.4, -0.2) is 54.0 Å². The average molecular weight is 415 g/mol. The molecule has 2 heterocycles. The monoisotopic (exact) mass is 414 g/mol. The Kier molecular flexibility index (Phi) is 7.84. The van der Waals surface area contributed by atoms with Crippen molar-refractivity contribution >= 4 is 11.8 Å². The van der Waals surface area contributed by atoms with Crippen LogP contribution in [0.3, 0.4) is 0 Å². The molecule has 0 aliphatic carbocycles. The number of aromatic nitrogens is 2. The summed E-state index contributed by atoms with van der Waals surface area (Å²) in [5, 5.41) is 19.9. The van der Waals surface area contributed by atoms with E-state index >= 15 is 0 Å². The molecule has 8 heteroatoms. The van der Waals surface area contributed by atoms with Crippen LogP contribution in [0.25, 0.3) is 0 Å². The molecule has 3 rings (SSSR count). The molecular formula is C22H34N6O2. The normalized spacial score (nSPS) is 14.9. The van der Waals surface area contributed by atoms with Gasteiger partial charge in [0.25, 0.3) is 0 Å². The smallest absolute Gasteiger partial charge is 0.222 e. The molecule has 1 saturated heterocycles. The largest absolute Gasteiger partial charge is 0.496 e. The molecular weight excluding hydrogens is 380 g/mol. The number of ether oxygens (including phenoxy) is 1. The number of nitrogens with two attached hydrogens (primary N) is 1. The number of nitrogen functional groups attached to an aromatic ring is 1. The van der Waals surface area contributed by atoms with Crippen LogP contribution in [0.4, 0.5) is 11.8 Å². The number of hydrogen-bond acceptors (Lipinski definition) is 8. The van der Waals surface area contributed by atoms with Gasteiger partial charge in [0.15, 0.2) is 0 Å². The first-order chi connectivity index (χ1) is 14.5. The van der Waals surface area contributed by atoms with Crippen molar-refractivity contribution in [3.8, 4) is 5.75 Å². The van der Waals surface area contributed by atoms with Crippen LogP contribution in [0.15, 0.2) is 18.2 Å². The summed E-state index contributed by atoms with van der Waals surface area (Å²) in [7, 11) is 1.69. The number of aryl methyl sites for hydroxylation is 1. The van der Waals surface area contributed by atoms with Gasteiger partial charge >= 0.3 is 0 Å². The van der Waals surface area contributed by atoms with Gasteiger partial charge in [0, 0.05) is 43.4 Å². The van der Waals surface area contributed by atoms with Gasteiger partial charge < -0.3 is 31.5 Å². The molecule has 1 aliphatic heterocycles. The van der Waals surface area contributed by atoms with Crippen molar-refractivity contribution in [3.63, 3.8) is 0 Å². The molecule has 164 valence electrons. The second-order valence-corrected chi connectivity index (χ2v) is 7.87. The summed E-state index contributed by atoms with van der Waals surface area (Å²) >= 11 is 0. The SMILES string of the molecule is CCC[C@@H](CO)Nc1nc(N)nc(C)c1Cc1ccc(CNC2CNC2)cc1OC. The first kappa shape index (κ1) is 22.3. The maximum absolute atomic E-state index is 9.69. The van der Waals surface area contributed by atoms with Crippen LogP contribution in [0, 0.1) is 6.92 Å². The van der Waals surface area contributed by atoms with E-state index in [1.165, 1.54) is 5.56 Å². The molecule has 0 radical (unpaired) electrons. The van der Waals surface area contributed by atoms with Crippen molar-refractivity contribution in [3.05, 3.63) is 40.6 Å². The van der Waals surface area contributed by atoms with Crippen molar-refractivity contribution in [2.45, 2.75) is 51.7 Å². The standard InChI is InChI=1S/C22H34N6O2/c1-4-5-17(13-29)27-21-19(14(2)26-22(23)28-21)9-16-7-6-15(8-20(16)30-3)10-25-18-11-24-12-18/h6-8,17-18,24-25,29H,4-5,9-13H2,1-3H3,(H3,23,26,27,28)/t17-/m0/s1. The van der Waals surface area contributed by atoms with E-state index in [9.17, 15) is 5.11 Å². The van der Waals surface area contributed by atoms with Crippen molar-refractivity contribution in [1.29, 1.82) is 0 Å². The lowest BCUT2D eigenvalue weighted by molar-refractivity contribution is 0.268. The fourth-order valence-electron chi connectivity index (χ4n) is 3.63. The molecule has 1 aromatic carbocycles. The summed E-state index contributed by atoms with van der Waals surface area (Å²) in [6.45, 7) is 6.92.